The summed E-state index contributed by atoms with van der Waals surface area (Å²) in [5.74, 6) is -1.82. The van der Waals surface area contributed by atoms with Crippen LogP contribution in [-0.4, -0.2) is 58.3 Å². The van der Waals surface area contributed by atoms with Crippen molar-refractivity contribution < 1.29 is 28.7 Å². The Morgan fingerprint density at radius 1 is 0.723 bits per heavy atom. The van der Waals surface area contributed by atoms with Gasteiger partial charge in [-0.2, -0.15) is 0 Å². The maximum atomic E-state index is 14.0. The Kier molecular flexibility index (Phi) is 11.5. The van der Waals surface area contributed by atoms with Crippen LogP contribution in [0.1, 0.15) is 35.6 Å². The van der Waals surface area contributed by atoms with Gasteiger partial charge in [-0.15, -0.1) is 0 Å². The fourth-order valence-electron chi connectivity index (χ4n) is 5.48. The van der Waals surface area contributed by atoms with Gasteiger partial charge in [-0.05, 0) is 42.0 Å². The largest absolute Gasteiger partial charge is 0.460 e. The van der Waals surface area contributed by atoms with Crippen LogP contribution in [0.2, 0.25) is 0 Å². The quantitative estimate of drug-likeness (QED) is 0.188. The Hall–Kier alpha value is -5.28. The minimum Gasteiger partial charge on any atom is -0.460 e. The minimum atomic E-state index is -1.15. The van der Waals surface area contributed by atoms with Crippen LogP contribution < -0.4 is 5.32 Å². The van der Waals surface area contributed by atoms with E-state index in [0.29, 0.717) is 12.8 Å². The number of carbonyl (C=O) groups excluding carboxylic acids is 4. The van der Waals surface area contributed by atoms with E-state index >= 15 is 0 Å². The Morgan fingerprint density at radius 2 is 1.21 bits per heavy atom. The maximum absolute atomic E-state index is 14.0. The van der Waals surface area contributed by atoms with Gasteiger partial charge in [0.25, 0.3) is 0 Å². The molecule has 242 valence electrons. The molecule has 3 amide bonds. The van der Waals surface area contributed by atoms with Gasteiger partial charge in [0, 0.05) is 6.54 Å². The summed E-state index contributed by atoms with van der Waals surface area (Å²) in [4.78, 5) is 57.0. The smallest absolute Gasteiger partial charge is 0.331 e. The second kappa shape index (κ2) is 16.3. The number of aryl methyl sites for hydroxylation is 1. The zero-order valence-corrected chi connectivity index (χ0v) is 26.4. The van der Waals surface area contributed by atoms with Crippen LogP contribution >= 0.6 is 0 Å². The molecule has 1 N–H and O–H groups in total. The molecule has 47 heavy (non-hydrogen) atoms. The number of urea groups is 1. The molecular formula is C38H39N3O6. The molecular weight excluding hydrogens is 594 g/mol. The Balaban J connectivity index is 1.31. The summed E-state index contributed by atoms with van der Waals surface area (Å²) in [7, 11) is 0. The highest BCUT2D eigenvalue weighted by Crippen LogP contribution is 2.22. The molecule has 0 unspecified atom stereocenters. The Bertz CT molecular complexity index is 1620. The summed E-state index contributed by atoms with van der Waals surface area (Å²) in [5, 5.41) is 3.11. The minimum absolute atomic E-state index is 0.00764. The summed E-state index contributed by atoms with van der Waals surface area (Å²) in [6.45, 7) is 1.88. The lowest BCUT2D eigenvalue weighted by molar-refractivity contribution is -0.153. The Morgan fingerprint density at radius 3 is 1.77 bits per heavy atom. The molecule has 0 radical (unpaired) electrons. The van der Waals surface area contributed by atoms with E-state index in [2.05, 4.69) is 5.32 Å². The highest BCUT2D eigenvalue weighted by molar-refractivity contribution is 6.03. The van der Waals surface area contributed by atoms with Crippen molar-refractivity contribution in [1.82, 2.24) is 15.1 Å². The summed E-state index contributed by atoms with van der Waals surface area (Å²) < 4.78 is 11.2. The summed E-state index contributed by atoms with van der Waals surface area (Å²) in [6.07, 6.45) is 0.910. The van der Waals surface area contributed by atoms with Crippen LogP contribution in [-0.2, 0) is 50.0 Å². The van der Waals surface area contributed by atoms with E-state index in [1.807, 2.05) is 121 Å². The van der Waals surface area contributed by atoms with Gasteiger partial charge < -0.3 is 14.4 Å². The van der Waals surface area contributed by atoms with E-state index < -0.39 is 42.0 Å². The molecule has 3 atom stereocenters. The van der Waals surface area contributed by atoms with Gasteiger partial charge in [0.15, 0.2) is 6.04 Å². The molecule has 1 fully saturated rings. The highest BCUT2D eigenvalue weighted by Gasteiger charge is 2.47. The van der Waals surface area contributed by atoms with Crippen LogP contribution in [0.15, 0.2) is 121 Å². The summed E-state index contributed by atoms with van der Waals surface area (Å²) in [6, 6.07) is 34.0. The van der Waals surface area contributed by atoms with Crippen molar-refractivity contribution in [2.45, 2.75) is 57.6 Å². The first-order chi connectivity index (χ1) is 22.9. The highest BCUT2D eigenvalue weighted by atomic mass is 16.5. The molecule has 1 saturated heterocycles. The predicted molar refractivity (Wildman–Crippen MR) is 177 cm³/mol. The number of imide groups is 1. The summed E-state index contributed by atoms with van der Waals surface area (Å²) in [5.41, 5.74) is 3.51. The molecule has 0 saturated carbocycles. The van der Waals surface area contributed by atoms with Gasteiger partial charge in [-0.3, -0.25) is 14.9 Å². The number of nitrogens with one attached hydrogen (secondary N) is 1. The van der Waals surface area contributed by atoms with Crippen molar-refractivity contribution in [2.75, 3.05) is 6.54 Å². The SMILES string of the molecule is C[C@H](N[C@@H](CCc1ccccc1)C(=O)OCc1ccccc1)C(=O)N1C(=O)N(Cc2ccccc2)C[C@H]1C(=O)OCc1ccccc1. The molecule has 1 heterocycles. The zero-order chi connectivity index (χ0) is 33.0. The van der Waals surface area contributed by atoms with E-state index in [1.165, 1.54) is 4.90 Å². The second-order valence-electron chi connectivity index (χ2n) is 11.5. The Labute approximate surface area is 275 Å². The monoisotopic (exact) mass is 633 g/mol. The average molecular weight is 634 g/mol. The number of hydrogen-bond acceptors (Lipinski definition) is 7. The van der Waals surface area contributed by atoms with Crippen molar-refractivity contribution in [2.24, 2.45) is 0 Å². The standard InChI is InChI=1S/C38H39N3O6/c1-28(39-33(23-22-29-14-6-2-7-15-29)36(43)46-26-31-18-10-4-11-19-31)35(42)41-34(37(44)47-27-32-20-12-5-13-21-32)25-40(38(41)45)24-30-16-8-3-9-17-30/h2-21,28,33-34,39H,22-27H2,1H3/t28-,33-,34-/m0/s1. The van der Waals surface area contributed by atoms with Crippen LogP contribution in [0.5, 0.6) is 0 Å². The maximum Gasteiger partial charge on any atom is 0.331 e. The van der Waals surface area contributed by atoms with Gasteiger partial charge in [0.1, 0.15) is 19.3 Å². The molecule has 5 rings (SSSR count). The van der Waals surface area contributed by atoms with Crippen LogP contribution in [0.3, 0.4) is 0 Å². The molecule has 9 heteroatoms. The second-order valence-corrected chi connectivity index (χ2v) is 11.5. The van der Waals surface area contributed by atoms with Crippen molar-refractivity contribution in [1.29, 1.82) is 0 Å². The third-order valence-corrected chi connectivity index (χ3v) is 8.03. The molecule has 1 aliphatic rings. The van der Waals surface area contributed by atoms with Gasteiger partial charge in [-0.25, -0.2) is 14.5 Å². The number of nitrogens with zero attached hydrogens (tertiary/aromatic N) is 2. The molecule has 9 nitrogen and oxygen atoms in total. The number of esters is 2. The molecule has 1 aliphatic heterocycles. The van der Waals surface area contributed by atoms with E-state index in [9.17, 15) is 19.2 Å². The molecule has 0 aromatic heterocycles. The zero-order valence-electron chi connectivity index (χ0n) is 26.4. The van der Waals surface area contributed by atoms with E-state index in [-0.39, 0.29) is 26.3 Å². The van der Waals surface area contributed by atoms with Gasteiger partial charge >= 0.3 is 18.0 Å². The molecule has 4 aromatic rings. The molecule has 0 bridgehead atoms. The van der Waals surface area contributed by atoms with Crippen LogP contribution in [0.4, 0.5) is 4.79 Å². The first-order valence-corrected chi connectivity index (χ1v) is 15.8. The van der Waals surface area contributed by atoms with Crippen molar-refractivity contribution in [3.05, 3.63) is 144 Å². The molecule has 4 aromatic carbocycles. The lowest BCUT2D eigenvalue weighted by Gasteiger charge is -2.27. The van der Waals surface area contributed by atoms with E-state index in [0.717, 1.165) is 27.2 Å². The van der Waals surface area contributed by atoms with Crippen LogP contribution in [0.25, 0.3) is 0 Å². The van der Waals surface area contributed by atoms with Gasteiger partial charge in [0.2, 0.25) is 5.91 Å². The third-order valence-electron chi connectivity index (χ3n) is 8.03. The number of ether oxygens (including phenoxy) is 2. The van der Waals surface area contributed by atoms with Crippen molar-refractivity contribution in [3.63, 3.8) is 0 Å². The number of benzene rings is 4. The fraction of sp³-hybridized carbons (Fsp3) is 0.263. The van der Waals surface area contributed by atoms with E-state index in [4.69, 9.17) is 9.47 Å². The lowest BCUT2D eigenvalue weighted by atomic mass is 10.0. The number of hydrogen-bond donors (Lipinski definition) is 1. The van der Waals surface area contributed by atoms with Gasteiger partial charge in [-0.1, -0.05) is 121 Å². The lowest BCUT2D eigenvalue weighted by Crippen LogP contribution is -2.55. The normalized spacial score (nSPS) is 15.6. The van der Waals surface area contributed by atoms with Crippen molar-refractivity contribution >= 4 is 23.9 Å². The first kappa shape index (κ1) is 33.1. The van der Waals surface area contributed by atoms with Crippen molar-refractivity contribution in [3.8, 4) is 0 Å². The molecule has 0 spiro atoms. The third kappa shape index (κ3) is 9.14. The topological polar surface area (TPSA) is 105 Å². The average Bonchev–Trinajstić information content (AvgIpc) is 3.44. The predicted octanol–water partition coefficient (Wildman–Crippen LogP) is 5.29. The molecule has 0 aliphatic carbocycles. The number of carbonyl (C=O) groups is 4. The number of amides is 3. The van der Waals surface area contributed by atoms with E-state index in [1.54, 1.807) is 6.92 Å². The van der Waals surface area contributed by atoms with Crippen LogP contribution in [0, 0.1) is 0 Å². The number of rotatable bonds is 14. The first-order valence-electron chi connectivity index (χ1n) is 15.8. The summed E-state index contributed by atoms with van der Waals surface area (Å²) >= 11 is 0. The fourth-order valence-corrected chi connectivity index (χ4v) is 5.48. The van der Waals surface area contributed by atoms with Gasteiger partial charge in [0.05, 0.1) is 12.6 Å².